The first-order valence-corrected chi connectivity index (χ1v) is 16.9. The highest BCUT2D eigenvalue weighted by atomic mass is 32.2. The second kappa shape index (κ2) is 12.9. The van der Waals surface area contributed by atoms with Crippen LogP contribution in [-0.4, -0.2) is 102 Å². The molecule has 0 aliphatic carbocycles. The summed E-state index contributed by atoms with van der Waals surface area (Å²) in [4.78, 5) is 63.2. The van der Waals surface area contributed by atoms with Gasteiger partial charge in [0.1, 0.15) is 39.8 Å². The van der Waals surface area contributed by atoms with Crippen LogP contribution in [0.3, 0.4) is 0 Å². The summed E-state index contributed by atoms with van der Waals surface area (Å²) in [6.45, 7) is 9.66. The first-order valence-electron chi connectivity index (χ1n) is 15.2. The molecule has 1 aromatic carbocycles. The molecular formula is C32H41FN6O9S. The van der Waals surface area contributed by atoms with Gasteiger partial charge in [-0.05, 0) is 78.8 Å². The number of imide groups is 1. The van der Waals surface area contributed by atoms with Crippen molar-refractivity contribution in [2.45, 2.75) is 70.0 Å². The molecule has 0 unspecified atom stereocenters. The summed E-state index contributed by atoms with van der Waals surface area (Å²) >= 11 is 0. The summed E-state index contributed by atoms with van der Waals surface area (Å²) in [5.74, 6) is -2.47. The number of amides is 5. The Kier molecular flexibility index (Phi) is 9.75. The van der Waals surface area contributed by atoms with Gasteiger partial charge in [0.05, 0.1) is 32.1 Å². The third kappa shape index (κ3) is 7.60. The first-order chi connectivity index (χ1) is 22.5. The van der Waals surface area contributed by atoms with Crippen molar-refractivity contribution < 1.29 is 46.2 Å². The molecule has 1 saturated heterocycles. The van der Waals surface area contributed by atoms with Gasteiger partial charge >= 0.3 is 18.2 Å². The SMILES string of the molecule is CNC(=O)N1CC2(C1)C(N(C(=O)OC(C)(C)C)C(=O)OC(C)(C)C)=N[C@](C)(c1cc(NC(=O)c3ccc(OC)cn3)ccc1F)CS2(=O)=O. The number of sulfone groups is 1. The van der Waals surface area contributed by atoms with Crippen molar-refractivity contribution in [2.75, 3.05) is 38.3 Å². The maximum atomic E-state index is 15.7. The molecular weight excluding hydrogens is 663 g/mol. The standard InChI is InChI=1S/C32H41FN6O9S/c1-29(2,3)47-27(42)39(28(43)48-30(4,5)6)25-32(16-38(17-32)26(41)34-8)49(44,45)18-31(7,37-25)21-14-19(10-12-22(21)33)36-24(40)23-13-11-20(46-9)15-35-23/h10-15H,16-18H2,1-9H3,(H,34,41)(H,36,40)/t31-/m0/s1. The number of hydrogen-bond donors (Lipinski definition) is 2. The molecule has 17 heteroatoms. The fraction of sp³-hybridized carbons (Fsp3) is 0.500. The van der Waals surface area contributed by atoms with Crippen LogP contribution in [0, 0.1) is 5.82 Å². The molecule has 3 heterocycles. The molecule has 2 aromatic rings. The highest BCUT2D eigenvalue weighted by molar-refractivity contribution is 7.93. The van der Waals surface area contributed by atoms with Gasteiger partial charge in [-0.1, -0.05) is 0 Å². The Bertz CT molecular complexity index is 1770. The smallest absolute Gasteiger partial charge is 0.425 e. The number of nitrogens with zero attached hydrogens (tertiary/aromatic N) is 4. The van der Waals surface area contributed by atoms with Gasteiger partial charge in [0.2, 0.25) is 0 Å². The van der Waals surface area contributed by atoms with E-state index in [4.69, 9.17) is 14.2 Å². The number of ether oxygens (including phenoxy) is 3. The number of carbonyl (C=O) groups is 4. The van der Waals surface area contributed by atoms with E-state index in [9.17, 15) is 27.6 Å². The lowest BCUT2D eigenvalue weighted by Gasteiger charge is -2.53. The van der Waals surface area contributed by atoms with Gasteiger partial charge in [-0.15, -0.1) is 0 Å². The molecule has 4 rings (SSSR count). The number of pyridine rings is 1. The predicted octanol–water partition coefficient (Wildman–Crippen LogP) is 4.09. The van der Waals surface area contributed by atoms with E-state index in [2.05, 4.69) is 20.6 Å². The number of aromatic nitrogens is 1. The number of nitrogens with one attached hydrogen (secondary N) is 2. The van der Waals surface area contributed by atoms with Crippen molar-refractivity contribution in [1.82, 2.24) is 20.1 Å². The summed E-state index contributed by atoms with van der Waals surface area (Å²) in [5, 5.41) is 5.03. The number of hydrogen-bond acceptors (Lipinski definition) is 11. The fourth-order valence-corrected chi connectivity index (χ4v) is 7.68. The third-order valence-electron chi connectivity index (χ3n) is 7.59. The molecule has 0 radical (unpaired) electrons. The minimum Gasteiger partial charge on any atom is -0.495 e. The van der Waals surface area contributed by atoms with Crippen LogP contribution in [0.15, 0.2) is 41.5 Å². The average molecular weight is 705 g/mol. The van der Waals surface area contributed by atoms with Crippen LogP contribution in [-0.2, 0) is 24.8 Å². The lowest BCUT2D eigenvalue weighted by Crippen LogP contribution is -2.77. The van der Waals surface area contributed by atoms with E-state index in [-0.39, 0.29) is 16.9 Å². The van der Waals surface area contributed by atoms with Crippen molar-refractivity contribution in [3.8, 4) is 5.75 Å². The lowest BCUT2D eigenvalue weighted by atomic mass is 9.90. The van der Waals surface area contributed by atoms with Gasteiger partial charge in [0, 0.05) is 18.3 Å². The molecule has 1 fully saturated rings. The van der Waals surface area contributed by atoms with Crippen molar-refractivity contribution in [3.63, 3.8) is 0 Å². The van der Waals surface area contributed by atoms with E-state index in [1.807, 2.05) is 0 Å². The second-order valence-corrected chi connectivity index (χ2v) is 16.2. The number of amidine groups is 1. The van der Waals surface area contributed by atoms with Gasteiger partial charge in [-0.3, -0.25) is 9.79 Å². The minimum absolute atomic E-state index is 0.0244. The topological polar surface area (TPSA) is 186 Å². The Hall–Kier alpha value is -4.80. The quantitative estimate of drug-likeness (QED) is 0.470. The van der Waals surface area contributed by atoms with Crippen molar-refractivity contribution in [2.24, 2.45) is 4.99 Å². The van der Waals surface area contributed by atoms with Crippen LogP contribution in [0.1, 0.15) is 64.5 Å². The number of rotatable bonds is 4. The molecule has 49 heavy (non-hydrogen) atoms. The Morgan fingerprint density at radius 2 is 1.57 bits per heavy atom. The number of anilines is 1. The molecule has 2 N–H and O–H groups in total. The van der Waals surface area contributed by atoms with Crippen LogP contribution >= 0.6 is 0 Å². The normalized spacial score (nSPS) is 19.6. The molecule has 2 aliphatic heterocycles. The van der Waals surface area contributed by atoms with E-state index in [1.165, 1.54) is 56.4 Å². The van der Waals surface area contributed by atoms with E-state index in [0.29, 0.717) is 10.6 Å². The van der Waals surface area contributed by atoms with Gasteiger partial charge < -0.3 is 29.7 Å². The number of carbonyl (C=O) groups excluding carboxylic acids is 4. The van der Waals surface area contributed by atoms with Crippen molar-refractivity contribution >= 4 is 45.5 Å². The molecule has 1 spiro atoms. The minimum atomic E-state index is -4.45. The van der Waals surface area contributed by atoms with Crippen molar-refractivity contribution in [1.29, 1.82) is 0 Å². The number of urea groups is 1. The summed E-state index contributed by atoms with van der Waals surface area (Å²) < 4.78 is 58.5. The van der Waals surface area contributed by atoms with Gasteiger partial charge in [-0.25, -0.2) is 32.2 Å². The summed E-state index contributed by atoms with van der Waals surface area (Å²) in [7, 11) is -1.64. The number of likely N-dealkylation sites (tertiary alicyclic amines) is 1. The Labute approximate surface area is 284 Å². The van der Waals surface area contributed by atoms with Crippen LogP contribution in [0.2, 0.25) is 0 Å². The van der Waals surface area contributed by atoms with Crippen LogP contribution < -0.4 is 15.4 Å². The molecule has 2 aliphatic rings. The molecule has 15 nitrogen and oxygen atoms in total. The Morgan fingerprint density at radius 3 is 2.06 bits per heavy atom. The van der Waals surface area contributed by atoms with E-state index < -0.39 is 85.9 Å². The number of aliphatic imine (C=N–C) groups is 1. The highest BCUT2D eigenvalue weighted by Crippen LogP contribution is 2.45. The molecule has 266 valence electrons. The number of benzene rings is 1. The largest absolute Gasteiger partial charge is 0.495 e. The van der Waals surface area contributed by atoms with Crippen molar-refractivity contribution in [3.05, 3.63) is 53.6 Å². The zero-order valence-corrected chi connectivity index (χ0v) is 29.7. The Balaban J connectivity index is 1.89. The monoisotopic (exact) mass is 704 g/mol. The zero-order chi connectivity index (χ0) is 36.7. The third-order valence-corrected chi connectivity index (χ3v) is 10.2. The average Bonchev–Trinajstić information content (AvgIpc) is 2.94. The van der Waals surface area contributed by atoms with E-state index in [0.717, 1.165) is 6.07 Å². The van der Waals surface area contributed by atoms with Crippen LogP contribution in [0.5, 0.6) is 5.75 Å². The lowest BCUT2D eigenvalue weighted by molar-refractivity contribution is 0.0129. The van der Waals surface area contributed by atoms with Gasteiger partial charge in [0.15, 0.2) is 14.6 Å². The summed E-state index contributed by atoms with van der Waals surface area (Å²) in [6, 6.07) is 5.87. The molecule has 0 saturated carbocycles. The summed E-state index contributed by atoms with van der Waals surface area (Å²) in [6.07, 6.45) is -1.23. The van der Waals surface area contributed by atoms with E-state index in [1.54, 1.807) is 41.5 Å². The zero-order valence-electron chi connectivity index (χ0n) is 28.8. The Morgan fingerprint density at radius 1 is 0.980 bits per heavy atom. The van der Waals surface area contributed by atoms with Gasteiger partial charge in [0.25, 0.3) is 5.91 Å². The fourth-order valence-electron chi connectivity index (χ4n) is 5.33. The number of methoxy groups -OCH3 is 1. The van der Waals surface area contributed by atoms with Crippen LogP contribution in [0.4, 0.5) is 24.5 Å². The predicted molar refractivity (Wildman–Crippen MR) is 177 cm³/mol. The maximum absolute atomic E-state index is 15.7. The van der Waals surface area contributed by atoms with Crippen LogP contribution in [0.25, 0.3) is 0 Å². The number of halogens is 1. The highest BCUT2D eigenvalue weighted by Gasteiger charge is 2.66. The van der Waals surface area contributed by atoms with E-state index >= 15 is 4.39 Å². The molecule has 5 amide bonds. The maximum Gasteiger partial charge on any atom is 0.425 e. The first kappa shape index (κ1) is 37.0. The molecule has 1 aromatic heterocycles. The molecule has 0 bridgehead atoms. The van der Waals surface area contributed by atoms with Gasteiger partial charge in [-0.2, -0.15) is 4.90 Å². The molecule has 1 atom stereocenters. The summed E-state index contributed by atoms with van der Waals surface area (Å²) in [5.41, 5.74) is -4.41. The second-order valence-electron chi connectivity index (χ2n) is 13.9.